The van der Waals surface area contributed by atoms with Gasteiger partial charge in [-0.15, -0.1) is 0 Å². The number of carbonyl (C=O) groups excluding carboxylic acids is 1. The zero-order valence-electron chi connectivity index (χ0n) is 16.6. The van der Waals surface area contributed by atoms with E-state index in [1.807, 2.05) is 36.4 Å². The van der Waals surface area contributed by atoms with Gasteiger partial charge in [0.15, 0.2) is 5.78 Å². The first-order chi connectivity index (χ1) is 14.9. The number of benzene rings is 1. The normalized spacial score (nSPS) is 13.4. The quantitative estimate of drug-likeness (QED) is 0.450. The van der Waals surface area contributed by atoms with Crippen LogP contribution in [0.15, 0.2) is 70.8 Å². The molecule has 0 unspecified atom stereocenters. The highest BCUT2D eigenvalue weighted by Crippen LogP contribution is 2.39. The van der Waals surface area contributed by atoms with E-state index in [-0.39, 0.29) is 10.9 Å². The van der Waals surface area contributed by atoms with Gasteiger partial charge in [-0.05, 0) is 41.8 Å². The fourth-order valence-electron chi connectivity index (χ4n) is 3.70. The lowest BCUT2D eigenvalue weighted by Crippen LogP contribution is -2.03. The van der Waals surface area contributed by atoms with E-state index >= 15 is 0 Å². The highest BCUT2D eigenvalue weighted by molar-refractivity contribution is 7.90. The monoisotopic (exact) mass is 431 g/mol. The summed E-state index contributed by atoms with van der Waals surface area (Å²) in [5.41, 5.74) is 4.87. The second-order valence-electron chi connectivity index (χ2n) is 7.41. The molecule has 1 aliphatic carbocycles. The summed E-state index contributed by atoms with van der Waals surface area (Å²) in [5, 5.41) is -0.241. The number of ketones is 1. The molecule has 3 heterocycles. The van der Waals surface area contributed by atoms with Crippen molar-refractivity contribution in [1.82, 2.24) is 15.0 Å². The van der Waals surface area contributed by atoms with Gasteiger partial charge in [0, 0.05) is 54.2 Å². The van der Waals surface area contributed by atoms with Gasteiger partial charge in [0.1, 0.15) is 11.5 Å². The molecular weight excluding hydrogens is 414 g/mol. The molecule has 0 saturated carbocycles. The second kappa shape index (κ2) is 7.24. The first kappa shape index (κ1) is 19.3. The van der Waals surface area contributed by atoms with Crippen LogP contribution in [0.3, 0.4) is 0 Å². The van der Waals surface area contributed by atoms with Crippen molar-refractivity contribution in [2.45, 2.75) is 18.0 Å². The van der Waals surface area contributed by atoms with Crippen molar-refractivity contribution >= 4 is 15.6 Å². The molecule has 0 aliphatic heterocycles. The number of nitrogens with zero attached hydrogens (tertiary/aromatic N) is 3. The lowest BCUT2D eigenvalue weighted by atomic mass is 9.98. The van der Waals surface area contributed by atoms with E-state index in [2.05, 4.69) is 15.0 Å². The number of furan rings is 1. The van der Waals surface area contributed by atoms with Crippen molar-refractivity contribution in [2.75, 3.05) is 6.26 Å². The van der Waals surface area contributed by atoms with Gasteiger partial charge in [-0.2, -0.15) is 0 Å². The Balaban J connectivity index is 1.65. The van der Waals surface area contributed by atoms with Gasteiger partial charge in [0.25, 0.3) is 0 Å². The summed E-state index contributed by atoms with van der Waals surface area (Å²) >= 11 is 0. The van der Waals surface area contributed by atoms with Crippen LogP contribution < -0.4 is 0 Å². The standard InChI is InChI=1S/C23H17N3O4S/c1-31(28,29)23-25-12-17(13-26-23)21-11-19(22(30-21)15-6-8-24-9-7-15)16-3-2-14-4-5-20(27)18(14)10-16/h2-3,6-13H,4-5H2,1H3. The molecule has 0 saturated heterocycles. The molecule has 154 valence electrons. The Bertz CT molecular complexity index is 1410. The largest absolute Gasteiger partial charge is 0.455 e. The van der Waals surface area contributed by atoms with Crippen LogP contribution >= 0.6 is 0 Å². The van der Waals surface area contributed by atoms with Crippen molar-refractivity contribution in [2.24, 2.45) is 0 Å². The van der Waals surface area contributed by atoms with Gasteiger partial charge in [0.2, 0.25) is 15.0 Å². The van der Waals surface area contributed by atoms with Crippen molar-refractivity contribution in [3.05, 3.63) is 72.3 Å². The Kier molecular flexibility index (Phi) is 4.51. The minimum atomic E-state index is -3.49. The van der Waals surface area contributed by atoms with E-state index in [4.69, 9.17) is 4.42 Å². The maximum absolute atomic E-state index is 12.2. The molecule has 0 spiro atoms. The van der Waals surface area contributed by atoms with Crippen LogP contribution in [-0.2, 0) is 16.3 Å². The molecule has 0 radical (unpaired) electrons. The van der Waals surface area contributed by atoms with Crippen LogP contribution in [0.25, 0.3) is 33.8 Å². The topological polar surface area (TPSA) is 103 Å². The molecule has 8 heteroatoms. The van der Waals surface area contributed by atoms with Crippen LogP contribution in [0.4, 0.5) is 0 Å². The molecule has 4 aromatic rings. The number of aromatic nitrogens is 3. The van der Waals surface area contributed by atoms with Crippen molar-refractivity contribution in [3.63, 3.8) is 0 Å². The number of hydrogen-bond acceptors (Lipinski definition) is 7. The summed E-state index contributed by atoms with van der Waals surface area (Å²) in [6, 6.07) is 11.4. The van der Waals surface area contributed by atoms with E-state index in [9.17, 15) is 13.2 Å². The molecule has 0 N–H and O–H groups in total. The van der Waals surface area contributed by atoms with Gasteiger partial charge in [-0.3, -0.25) is 9.78 Å². The van der Waals surface area contributed by atoms with Crippen LogP contribution in [0, 0.1) is 0 Å². The Morgan fingerprint density at radius 3 is 2.32 bits per heavy atom. The number of aryl methyl sites for hydroxylation is 1. The fourth-order valence-corrected chi connectivity index (χ4v) is 4.19. The molecule has 0 atom stereocenters. The smallest absolute Gasteiger partial charge is 0.246 e. The number of hydrogen-bond donors (Lipinski definition) is 0. The van der Waals surface area contributed by atoms with Crippen LogP contribution in [0.1, 0.15) is 22.3 Å². The maximum atomic E-state index is 12.2. The number of Topliss-reactive ketones (excluding diaryl/α,β-unsaturated/α-hetero) is 1. The summed E-state index contributed by atoms with van der Waals surface area (Å²) in [6.45, 7) is 0. The molecule has 3 aromatic heterocycles. The highest BCUT2D eigenvalue weighted by Gasteiger charge is 2.22. The fraction of sp³-hybridized carbons (Fsp3) is 0.130. The molecule has 0 fully saturated rings. The number of rotatable bonds is 4. The third-order valence-electron chi connectivity index (χ3n) is 5.26. The van der Waals surface area contributed by atoms with E-state index in [1.54, 1.807) is 12.4 Å². The van der Waals surface area contributed by atoms with Crippen molar-refractivity contribution in [1.29, 1.82) is 0 Å². The Hall–Kier alpha value is -3.65. The molecule has 5 rings (SSSR count). The first-order valence-electron chi connectivity index (χ1n) is 9.63. The zero-order chi connectivity index (χ0) is 21.6. The third kappa shape index (κ3) is 3.55. The summed E-state index contributed by atoms with van der Waals surface area (Å²) in [4.78, 5) is 24.2. The van der Waals surface area contributed by atoms with Gasteiger partial charge in [-0.1, -0.05) is 12.1 Å². The molecular formula is C23H17N3O4S. The summed E-state index contributed by atoms with van der Waals surface area (Å²) < 4.78 is 29.5. The van der Waals surface area contributed by atoms with E-state index in [0.717, 1.165) is 40.5 Å². The van der Waals surface area contributed by atoms with E-state index in [0.29, 0.717) is 23.5 Å². The number of pyridine rings is 1. The molecule has 1 aromatic carbocycles. The SMILES string of the molecule is CS(=O)(=O)c1ncc(-c2cc(-c3ccc4c(c3)C(=O)CC4)c(-c3ccncc3)o2)cn1. The number of carbonyl (C=O) groups is 1. The van der Waals surface area contributed by atoms with Gasteiger partial charge in [0.05, 0.1) is 5.56 Å². The van der Waals surface area contributed by atoms with E-state index < -0.39 is 9.84 Å². The molecule has 31 heavy (non-hydrogen) atoms. The number of fused-ring (bicyclic) bond motifs is 1. The summed E-state index contributed by atoms with van der Waals surface area (Å²) in [7, 11) is -3.49. The average molecular weight is 431 g/mol. The Morgan fingerprint density at radius 1 is 0.871 bits per heavy atom. The molecule has 0 bridgehead atoms. The Labute approximate surface area is 178 Å². The van der Waals surface area contributed by atoms with Crippen LogP contribution in [0.5, 0.6) is 0 Å². The minimum absolute atomic E-state index is 0.149. The molecule has 0 amide bonds. The minimum Gasteiger partial charge on any atom is -0.455 e. The first-order valence-corrected chi connectivity index (χ1v) is 11.5. The predicted molar refractivity (Wildman–Crippen MR) is 114 cm³/mol. The zero-order valence-corrected chi connectivity index (χ0v) is 17.4. The van der Waals surface area contributed by atoms with Gasteiger partial charge < -0.3 is 4.42 Å². The predicted octanol–water partition coefficient (Wildman–Crippen LogP) is 4.00. The van der Waals surface area contributed by atoms with Crippen LogP contribution in [-0.4, -0.2) is 35.4 Å². The second-order valence-corrected chi connectivity index (χ2v) is 9.32. The van der Waals surface area contributed by atoms with Gasteiger partial charge >= 0.3 is 0 Å². The highest BCUT2D eigenvalue weighted by atomic mass is 32.2. The lowest BCUT2D eigenvalue weighted by molar-refractivity contribution is 0.0994. The molecule has 1 aliphatic rings. The maximum Gasteiger partial charge on any atom is 0.246 e. The molecule has 7 nitrogen and oxygen atoms in total. The van der Waals surface area contributed by atoms with Crippen molar-refractivity contribution in [3.8, 4) is 33.8 Å². The average Bonchev–Trinajstić information content (AvgIpc) is 3.38. The summed E-state index contributed by atoms with van der Waals surface area (Å²) in [5.74, 6) is 1.26. The Morgan fingerprint density at radius 2 is 1.61 bits per heavy atom. The van der Waals surface area contributed by atoms with Crippen molar-refractivity contribution < 1.29 is 17.6 Å². The van der Waals surface area contributed by atoms with Crippen LogP contribution in [0.2, 0.25) is 0 Å². The van der Waals surface area contributed by atoms with E-state index in [1.165, 1.54) is 12.4 Å². The third-order valence-corrected chi connectivity index (χ3v) is 6.14. The number of sulfone groups is 1. The summed E-state index contributed by atoms with van der Waals surface area (Å²) in [6.07, 6.45) is 8.57. The lowest BCUT2D eigenvalue weighted by Gasteiger charge is -2.05. The van der Waals surface area contributed by atoms with Gasteiger partial charge in [-0.25, -0.2) is 18.4 Å².